The number of nitrogens with one attached hydrogen (secondary N) is 2. The van der Waals surface area contributed by atoms with Gasteiger partial charge in [0.25, 0.3) is 5.91 Å². The number of carbonyl (C=O) groups is 1. The van der Waals surface area contributed by atoms with Gasteiger partial charge in [0, 0.05) is 25.1 Å². The molecule has 0 bridgehead atoms. The number of para-hydroxylation sites is 1. The Morgan fingerprint density at radius 3 is 2.44 bits per heavy atom. The van der Waals surface area contributed by atoms with E-state index in [0.29, 0.717) is 33.7 Å². The fourth-order valence-electron chi connectivity index (χ4n) is 2.13. The lowest BCUT2D eigenvalue weighted by molar-refractivity contribution is 0.102. The Kier molecular flexibility index (Phi) is 5.48. The Bertz CT molecular complexity index is 850. The van der Waals surface area contributed by atoms with E-state index in [-0.39, 0.29) is 5.91 Å². The van der Waals surface area contributed by atoms with Crippen molar-refractivity contribution < 1.29 is 4.79 Å². The van der Waals surface area contributed by atoms with Crippen LogP contribution in [-0.2, 0) is 6.54 Å². The summed E-state index contributed by atoms with van der Waals surface area (Å²) in [6, 6.07) is 12.3. The smallest absolute Gasteiger partial charge is 0.257 e. The summed E-state index contributed by atoms with van der Waals surface area (Å²) in [5.41, 5.74) is 1.83. The van der Waals surface area contributed by atoms with Crippen LogP contribution >= 0.6 is 23.2 Å². The number of benzene rings is 1. The summed E-state index contributed by atoms with van der Waals surface area (Å²) in [5, 5.41) is 6.63. The highest BCUT2D eigenvalue weighted by molar-refractivity contribution is 6.40. The minimum atomic E-state index is -0.332. The zero-order valence-electron chi connectivity index (χ0n) is 13.0. The predicted octanol–water partition coefficient (Wildman–Crippen LogP) is 4.65. The van der Waals surface area contributed by atoms with Gasteiger partial charge in [0.15, 0.2) is 0 Å². The van der Waals surface area contributed by atoms with E-state index in [4.69, 9.17) is 23.2 Å². The van der Waals surface area contributed by atoms with E-state index in [0.717, 1.165) is 5.56 Å². The fraction of sp³-hybridized carbons (Fsp3) is 0.0556. The van der Waals surface area contributed by atoms with Crippen molar-refractivity contribution in [3.8, 4) is 0 Å². The molecule has 2 aromatic heterocycles. The largest absolute Gasteiger partial charge is 0.366 e. The van der Waals surface area contributed by atoms with E-state index in [2.05, 4.69) is 20.6 Å². The molecule has 0 fully saturated rings. The van der Waals surface area contributed by atoms with Gasteiger partial charge in [0.05, 0.1) is 21.3 Å². The third kappa shape index (κ3) is 4.47. The van der Waals surface area contributed by atoms with Crippen molar-refractivity contribution in [3.63, 3.8) is 0 Å². The predicted molar refractivity (Wildman–Crippen MR) is 100 cm³/mol. The molecule has 0 spiro atoms. The minimum absolute atomic E-state index is 0.332. The van der Waals surface area contributed by atoms with Crippen LogP contribution in [0.25, 0.3) is 0 Å². The van der Waals surface area contributed by atoms with Crippen LogP contribution in [-0.4, -0.2) is 15.9 Å². The SMILES string of the molecule is O=C(Nc1c(Cl)cccc1Cl)c1ccc(NCc2cccnc2)nc1. The summed E-state index contributed by atoms with van der Waals surface area (Å²) in [6.07, 6.45) is 4.99. The molecule has 7 heteroatoms. The van der Waals surface area contributed by atoms with Crippen LogP contribution in [0.4, 0.5) is 11.5 Å². The molecule has 3 aromatic rings. The summed E-state index contributed by atoms with van der Waals surface area (Å²) >= 11 is 12.1. The number of anilines is 2. The van der Waals surface area contributed by atoms with Gasteiger partial charge in [0.1, 0.15) is 5.82 Å². The zero-order chi connectivity index (χ0) is 17.6. The molecule has 0 saturated carbocycles. The molecule has 1 amide bonds. The first kappa shape index (κ1) is 17.2. The average molecular weight is 373 g/mol. The van der Waals surface area contributed by atoms with E-state index in [1.165, 1.54) is 6.20 Å². The third-order valence-corrected chi connectivity index (χ3v) is 4.05. The number of hydrogen-bond donors (Lipinski definition) is 2. The molecule has 3 rings (SSSR count). The van der Waals surface area contributed by atoms with Crippen molar-refractivity contribution in [2.24, 2.45) is 0 Å². The first-order chi connectivity index (χ1) is 12.1. The number of pyridine rings is 2. The van der Waals surface area contributed by atoms with Gasteiger partial charge in [-0.3, -0.25) is 9.78 Å². The maximum atomic E-state index is 12.3. The van der Waals surface area contributed by atoms with Gasteiger partial charge in [0.2, 0.25) is 0 Å². The van der Waals surface area contributed by atoms with E-state index in [1.807, 2.05) is 12.1 Å². The summed E-state index contributed by atoms with van der Waals surface area (Å²) in [5.74, 6) is 0.331. The number of aromatic nitrogens is 2. The van der Waals surface area contributed by atoms with Gasteiger partial charge < -0.3 is 10.6 Å². The number of hydrogen-bond acceptors (Lipinski definition) is 4. The van der Waals surface area contributed by atoms with Crippen molar-refractivity contribution in [3.05, 3.63) is 82.2 Å². The van der Waals surface area contributed by atoms with Crippen LogP contribution in [0.5, 0.6) is 0 Å². The van der Waals surface area contributed by atoms with Crippen LogP contribution < -0.4 is 10.6 Å². The van der Waals surface area contributed by atoms with Crippen molar-refractivity contribution in [1.29, 1.82) is 0 Å². The molecule has 2 N–H and O–H groups in total. The fourth-order valence-corrected chi connectivity index (χ4v) is 2.62. The average Bonchev–Trinajstić information content (AvgIpc) is 2.64. The Balaban J connectivity index is 1.64. The lowest BCUT2D eigenvalue weighted by atomic mass is 10.2. The maximum Gasteiger partial charge on any atom is 0.257 e. The van der Waals surface area contributed by atoms with Gasteiger partial charge in [-0.2, -0.15) is 0 Å². The summed E-state index contributed by atoms with van der Waals surface area (Å²) in [6.45, 7) is 0.599. The molecule has 0 aliphatic heterocycles. The lowest BCUT2D eigenvalue weighted by Crippen LogP contribution is -2.13. The van der Waals surface area contributed by atoms with Gasteiger partial charge in [-0.1, -0.05) is 35.3 Å². The number of rotatable bonds is 5. The van der Waals surface area contributed by atoms with E-state index in [9.17, 15) is 4.79 Å². The lowest BCUT2D eigenvalue weighted by Gasteiger charge is -2.10. The second-order valence-electron chi connectivity index (χ2n) is 5.20. The van der Waals surface area contributed by atoms with Crippen molar-refractivity contribution in [2.75, 3.05) is 10.6 Å². The second kappa shape index (κ2) is 7.96. The molecular formula is C18H14Cl2N4O. The maximum absolute atomic E-state index is 12.3. The van der Waals surface area contributed by atoms with E-state index in [1.54, 1.807) is 42.7 Å². The van der Waals surface area contributed by atoms with E-state index >= 15 is 0 Å². The van der Waals surface area contributed by atoms with Gasteiger partial charge in [-0.15, -0.1) is 0 Å². The summed E-state index contributed by atoms with van der Waals surface area (Å²) < 4.78 is 0. The number of nitrogens with zero attached hydrogens (tertiary/aromatic N) is 2. The van der Waals surface area contributed by atoms with E-state index < -0.39 is 0 Å². The highest BCUT2D eigenvalue weighted by Crippen LogP contribution is 2.30. The molecule has 0 aliphatic carbocycles. The minimum Gasteiger partial charge on any atom is -0.366 e. The molecule has 0 unspecified atom stereocenters. The Labute approximate surface area is 155 Å². The first-order valence-corrected chi connectivity index (χ1v) is 8.23. The molecule has 0 atom stereocenters. The molecular weight excluding hydrogens is 359 g/mol. The van der Waals surface area contributed by atoms with Crippen LogP contribution in [0, 0.1) is 0 Å². The molecule has 0 saturated heterocycles. The normalized spacial score (nSPS) is 10.3. The molecule has 126 valence electrons. The van der Waals surface area contributed by atoms with Gasteiger partial charge >= 0.3 is 0 Å². The highest BCUT2D eigenvalue weighted by Gasteiger charge is 2.11. The Hall–Kier alpha value is -2.63. The van der Waals surface area contributed by atoms with Crippen molar-refractivity contribution in [1.82, 2.24) is 9.97 Å². The monoisotopic (exact) mass is 372 g/mol. The second-order valence-corrected chi connectivity index (χ2v) is 6.01. The van der Waals surface area contributed by atoms with Crippen LogP contribution in [0.1, 0.15) is 15.9 Å². The number of amides is 1. The van der Waals surface area contributed by atoms with Crippen LogP contribution in [0.2, 0.25) is 10.0 Å². The Morgan fingerprint density at radius 2 is 1.80 bits per heavy atom. The zero-order valence-corrected chi connectivity index (χ0v) is 14.6. The van der Waals surface area contributed by atoms with Crippen LogP contribution in [0.3, 0.4) is 0 Å². The standard InChI is InChI=1S/C18H14Cl2N4O/c19-14-4-1-5-15(20)17(14)24-18(25)13-6-7-16(23-11-13)22-10-12-3-2-8-21-9-12/h1-9,11H,10H2,(H,22,23)(H,24,25). The number of halogens is 2. The Morgan fingerprint density at radius 1 is 1.00 bits per heavy atom. The number of carbonyl (C=O) groups excluding carboxylic acids is 1. The summed E-state index contributed by atoms with van der Waals surface area (Å²) in [7, 11) is 0. The molecule has 25 heavy (non-hydrogen) atoms. The van der Waals surface area contributed by atoms with Crippen LogP contribution in [0.15, 0.2) is 61.1 Å². The quantitative estimate of drug-likeness (QED) is 0.683. The van der Waals surface area contributed by atoms with Crippen molar-refractivity contribution >= 4 is 40.6 Å². The van der Waals surface area contributed by atoms with Gasteiger partial charge in [-0.25, -0.2) is 4.98 Å². The highest BCUT2D eigenvalue weighted by atomic mass is 35.5. The first-order valence-electron chi connectivity index (χ1n) is 7.47. The molecule has 0 aliphatic rings. The summed E-state index contributed by atoms with van der Waals surface area (Å²) in [4.78, 5) is 20.6. The molecule has 0 radical (unpaired) electrons. The third-order valence-electron chi connectivity index (χ3n) is 3.42. The topological polar surface area (TPSA) is 66.9 Å². The molecule has 2 heterocycles. The molecule has 1 aromatic carbocycles. The van der Waals surface area contributed by atoms with Gasteiger partial charge in [-0.05, 0) is 35.9 Å². The van der Waals surface area contributed by atoms with Crippen molar-refractivity contribution in [2.45, 2.75) is 6.54 Å². The molecule has 5 nitrogen and oxygen atoms in total.